The van der Waals surface area contributed by atoms with Gasteiger partial charge in [0.15, 0.2) is 0 Å². The summed E-state index contributed by atoms with van der Waals surface area (Å²) in [5.41, 5.74) is 7.12. The summed E-state index contributed by atoms with van der Waals surface area (Å²) in [5, 5.41) is 2.46. The van der Waals surface area contributed by atoms with Crippen LogP contribution in [0.15, 0.2) is 72.9 Å². The molecule has 0 spiro atoms. The molecule has 130 valence electrons. The van der Waals surface area contributed by atoms with Crippen LogP contribution >= 0.6 is 0 Å². The molecule has 0 saturated carbocycles. The molecule has 0 bridgehead atoms. The Balaban J connectivity index is 1.85. The van der Waals surface area contributed by atoms with Crippen LogP contribution < -0.4 is 0 Å². The molecule has 0 fully saturated rings. The normalized spacial score (nSPS) is 14.4. The van der Waals surface area contributed by atoms with Gasteiger partial charge < -0.3 is 4.90 Å². The number of nitrogens with zero attached hydrogens (tertiary/aromatic N) is 2. The van der Waals surface area contributed by atoms with Crippen molar-refractivity contribution < 1.29 is 0 Å². The van der Waals surface area contributed by atoms with Crippen molar-refractivity contribution >= 4 is 16.3 Å². The Bertz CT molecular complexity index is 1010. The first-order valence-electron chi connectivity index (χ1n) is 9.19. The van der Waals surface area contributed by atoms with Gasteiger partial charge in [0, 0.05) is 29.7 Å². The number of aromatic nitrogens is 1. The molecule has 0 aliphatic carbocycles. The van der Waals surface area contributed by atoms with E-state index >= 15 is 0 Å². The van der Waals surface area contributed by atoms with Crippen molar-refractivity contribution in [2.75, 3.05) is 13.1 Å². The lowest BCUT2D eigenvalue weighted by Gasteiger charge is -2.28. The first-order chi connectivity index (χ1) is 12.6. The number of fused-ring (bicyclic) bond motifs is 1. The van der Waals surface area contributed by atoms with Crippen LogP contribution in [0.4, 0.5) is 0 Å². The summed E-state index contributed by atoms with van der Waals surface area (Å²) >= 11 is 0. The van der Waals surface area contributed by atoms with E-state index in [4.69, 9.17) is 4.98 Å². The third kappa shape index (κ3) is 3.03. The molecule has 2 heteroatoms. The zero-order chi connectivity index (χ0) is 18.1. The Morgan fingerprint density at radius 3 is 2.58 bits per heavy atom. The average molecular weight is 340 g/mol. The average Bonchev–Trinajstić information content (AvgIpc) is 2.68. The molecule has 1 aliphatic rings. The van der Waals surface area contributed by atoms with Gasteiger partial charge in [0.05, 0.1) is 11.4 Å². The van der Waals surface area contributed by atoms with E-state index in [0.29, 0.717) is 0 Å². The van der Waals surface area contributed by atoms with Gasteiger partial charge in [-0.05, 0) is 42.9 Å². The number of aryl methyl sites for hydroxylation is 1. The topological polar surface area (TPSA) is 16.1 Å². The standard InChI is InChI=1S/C24H24N2/c1-17(2)26-14-12-19(13-15-26)23-16-20-9-5-7-11-22(20)24(25-23)21-10-6-4-8-18(21)3/h4-12,16H,1,13-15H2,2-3H3. The van der Waals surface area contributed by atoms with Gasteiger partial charge in [-0.1, -0.05) is 61.2 Å². The van der Waals surface area contributed by atoms with E-state index in [1.54, 1.807) is 0 Å². The molecular formula is C24H24N2. The monoisotopic (exact) mass is 340 g/mol. The van der Waals surface area contributed by atoms with Crippen LogP contribution in [0.1, 0.15) is 24.6 Å². The predicted molar refractivity (Wildman–Crippen MR) is 111 cm³/mol. The molecule has 26 heavy (non-hydrogen) atoms. The molecular weight excluding hydrogens is 316 g/mol. The fraction of sp³-hybridized carbons (Fsp3) is 0.208. The van der Waals surface area contributed by atoms with E-state index in [2.05, 4.69) is 86.0 Å². The van der Waals surface area contributed by atoms with E-state index < -0.39 is 0 Å². The lowest BCUT2D eigenvalue weighted by molar-refractivity contribution is 0.381. The van der Waals surface area contributed by atoms with Crippen LogP contribution in [0, 0.1) is 6.92 Å². The van der Waals surface area contributed by atoms with Crippen molar-refractivity contribution in [3.8, 4) is 11.3 Å². The second-order valence-electron chi connectivity index (χ2n) is 7.05. The van der Waals surface area contributed by atoms with E-state index in [-0.39, 0.29) is 0 Å². The Labute approximate surface area is 155 Å². The number of hydrogen-bond donors (Lipinski definition) is 0. The molecule has 0 atom stereocenters. The first-order valence-corrected chi connectivity index (χ1v) is 9.19. The molecule has 0 unspecified atom stereocenters. The Morgan fingerprint density at radius 1 is 1.08 bits per heavy atom. The molecule has 0 radical (unpaired) electrons. The van der Waals surface area contributed by atoms with Gasteiger partial charge in [-0.15, -0.1) is 0 Å². The molecule has 1 aromatic heterocycles. The van der Waals surface area contributed by atoms with Gasteiger partial charge in [-0.2, -0.15) is 0 Å². The number of allylic oxidation sites excluding steroid dienone is 1. The van der Waals surface area contributed by atoms with Crippen LogP contribution in [-0.4, -0.2) is 23.0 Å². The minimum atomic E-state index is 0.916. The molecule has 0 N–H and O–H groups in total. The third-order valence-electron chi connectivity index (χ3n) is 5.22. The van der Waals surface area contributed by atoms with Crippen molar-refractivity contribution in [3.05, 3.63) is 84.2 Å². The predicted octanol–water partition coefficient (Wildman–Crippen LogP) is 5.83. The van der Waals surface area contributed by atoms with Crippen molar-refractivity contribution in [2.24, 2.45) is 0 Å². The highest BCUT2D eigenvalue weighted by atomic mass is 15.1. The van der Waals surface area contributed by atoms with E-state index in [9.17, 15) is 0 Å². The van der Waals surface area contributed by atoms with Crippen LogP contribution in [0.5, 0.6) is 0 Å². The highest BCUT2D eigenvalue weighted by molar-refractivity contribution is 5.96. The summed E-state index contributed by atoms with van der Waals surface area (Å²) < 4.78 is 0. The maximum atomic E-state index is 5.12. The van der Waals surface area contributed by atoms with Crippen LogP contribution in [-0.2, 0) is 0 Å². The van der Waals surface area contributed by atoms with Crippen molar-refractivity contribution in [3.63, 3.8) is 0 Å². The molecule has 3 aromatic rings. The molecule has 2 aromatic carbocycles. The summed E-state index contributed by atoms with van der Waals surface area (Å²) in [6.07, 6.45) is 3.31. The van der Waals surface area contributed by atoms with Crippen molar-refractivity contribution in [1.82, 2.24) is 9.88 Å². The molecule has 0 amide bonds. The fourth-order valence-electron chi connectivity index (χ4n) is 3.66. The maximum absolute atomic E-state index is 5.12. The zero-order valence-corrected chi connectivity index (χ0v) is 15.5. The zero-order valence-electron chi connectivity index (χ0n) is 15.5. The number of rotatable bonds is 3. The molecule has 0 saturated heterocycles. The molecule has 4 rings (SSSR count). The van der Waals surface area contributed by atoms with Gasteiger partial charge in [0.1, 0.15) is 0 Å². The Hall–Kier alpha value is -2.87. The van der Waals surface area contributed by atoms with Crippen LogP contribution in [0.3, 0.4) is 0 Å². The highest BCUT2D eigenvalue weighted by Gasteiger charge is 2.16. The first kappa shape index (κ1) is 16.6. The summed E-state index contributed by atoms with van der Waals surface area (Å²) in [5.74, 6) is 0. The van der Waals surface area contributed by atoms with E-state index in [1.807, 2.05) is 0 Å². The number of pyridine rings is 1. The lowest BCUT2D eigenvalue weighted by atomic mass is 9.97. The fourth-order valence-corrected chi connectivity index (χ4v) is 3.66. The second-order valence-corrected chi connectivity index (χ2v) is 7.05. The van der Waals surface area contributed by atoms with Crippen molar-refractivity contribution in [1.29, 1.82) is 0 Å². The minimum Gasteiger partial charge on any atom is -0.371 e. The van der Waals surface area contributed by atoms with Crippen LogP contribution in [0.25, 0.3) is 27.6 Å². The Kier molecular flexibility index (Phi) is 4.34. The quantitative estimate of drug-likeness (QED) is 0.596. The lowest BCUT2D eigenvalue weighted by Crippen LogP contribution is -2.26. The SMILES string of the molecule is C=C(C)N1CC=C(c2cc3ccccc3c(-c3ccccc3C)n2)CC1. The maximum Gasteiger partial charge on any atom is 0.0790 e. The highest BCUT2D eigenvalue weighted by Crippen LogP contribution is 2.33. The van der Waals surface area contributed by atoms with Gasteiger partial charge in [0.25, 0.3) is 0 Å². The summed E-state index contributed by atoms with van der Waals surface area (Å²) in [7, 11) is 0. The van der Waals surface area contributed by atoms with Gasteiger partial charge in [-0.25, -0.2) is 4.98 Å². The van der Waals surface area contributed by atoms with Crippen molar-refractivity contribution in [2.45, 2.75) is 20.3 Å². The molecule has 2 heterocycles. The van der Waals surface area contributed by atoms with Crippen LogP contribution in [0.2, 0.25) is 0 Å². The second kappa shape index (κ2) is 6.80. The molecule has 1 aliphatic heterocycles. The number of hydrogen-bond acceptors (Lipinski definition) is 2. The molecule has 2 nitrogen and oxygen atoms in total. The van der Waals surface area contributed by atoms with E-state index in [1.165, 1.54) is 27.5 Å². The van der Waals surface area contributed by atoms with Gasteiger partial charge in [0.2, 0.25) is 0 Å². The summed E-state index contributed by atoms with van der Waals surface area (Å²) in [6, 6.07) is 19.3. The van der Waals surface area contributed by atoms with Gasteiger partial charge in [-0.3, -0.25) is 0 Å². The Morgan fingerprint density at radius 2 is 1.85 bits per heavy atom. The number of benzene rings is 2. The summed E-state index contributed by atoms with van der Waals surface area (Å²) in [4.78, 5) is 7.43. The largest absolute Gasteiger partial charge is 0.371 e. The third-order valence-corrected chi connectivity index (χ3v) is 5.22. The summed E-state index contributed by atoms with van der Waals surface area (Å²) in [6.45, 7) is 10.2. The smallest absolute Gasteiger partial charge is 0.0790 e. The van der Waals surface area contributed by atoms with Gasteiger partial charge >= 0.3 is 0 Å². The minimum absolute atomic E-state index is 0.916. The van der Waals surface area contributed by atoms with E-state index in [0.717, 1.165) is 36.6 Å².